The van der Waals surface area contributed by atoms with Crippen molar-refractivity contribution in [2.75, 3.05) is 19.0 Å². The van der Waals surface area contributed by atoms with E-state index in [0.29, 0.717) is 5.75 Å². The van der Waals surface area contributed by atoms with Gasteiger partial charge in [0, 0.05) is 5.75 Å². The van der Waals surface area contributed by atoms with E-state index < -0.39 is 4.08 Å². The molecule has 1 atom stereocenters. The summed E-state index contributed by atoms with van der Waals surface area (Å²) in [5.74, 6) is 0.626. The van der Waals surface area contributed by atoms with Crippen molar-refractivity contribution in [3.05, 3.63) is 0 Å². The maximum Gasteiger partial charge on any atom is 0.0784 e. The van der Waals surface area contributed by atoms with Gasteiger partial charge in [0.2, 0.25) is 0 Å². The number of thiol groups is 1. The molecule has 0 radical (unpaired) electrons. The lowest BCUT2D eigenvalue weighted by atomic mass is 10.5. The van der Waals surface area contributed by atoms with Crippen LogP contribution in [0.5, 0.6) is 0 Å². The maximum atomic E-state index is 8.64. The van der Waals surface area contributed by atoms with Crippen LogP contribution in [0.2, 0.25) is 0 Å². The summed E-state index contributed by atoms with van der Waals surface area (Å²) in [6.07, 6.45) is 0. The number of hydrogen-bond acceptors (Lipinski definition) is 4. The van der Waals surface area contributed by atoms with Crippen LogP contribution in [-0.2, 0) is 0 Å². The van der Waals surface area contributed by atoms with Crippen LogP contribution in [-0.4, -0.2) is 33.3 Å². The van der Waals surface area contributed by atoms with E-state index in [2.05, 4.69) is 12.6 Å². The minimum atomic E-state index is -0.400. The molecule has 0 aromatic carbocycles. The molecule has 0 aliphatic carbocycles. The van der Waals surface area contributed by atoms with Crippen LogP contribution < -0.4 is 0 Å². The molecule has 0 aromatic heterocycles. The molecular formula is C5H12O2S2. The van der Waals surface area contributed by atoms with Gasteiger partial charge in [0.25, 0.3) is 0 Å². The highest BCUT2D eigenvalue weighted by molar-refractivity contribution is 8.11. The molecule has 0 aromatic rings. The Bertz CT molecular complexity index is 75.4. The van der Waals surface area contributed by atoms with E-state index in [4.69, 9.17) is 10.2 Å². The Morgan fingerprint density at radius 3 is 2.44 bits per heavy atom. The summed E-state index contributed by atoms with van der Waals surface area (Å²) in [4.78, 5) is 0. The smallest absolute Gasteiger partial charge is 0.0784 e. The van der Waals surface area contributed by atoms with Gasteiger partial charge in [-0.15, -0.1) is 11.8 Å². The maximum absolute atomic E-state index is 8.64. The van der Waals surface area contributed by atoms with Crippen molar-refractivity contribution in [3.63, 3.8) is 0 Å². The van der Waals surface area contributed by atoms with Gasteiger partial charge in [-0.3, -0.25) is 0 Å². The van der Waals surface area contributed by atoms with E-state index in [0.717, 1.165) is 0 Å². The number of thioether (sulfide) groups is 1. The van der Waals surface area contributed by atoms with Crippen LogP contribution >= 0.6 is 24.4 Å². The largest absolute Gasteiger partial charge is 0.396 e. The summed E-state index contributed by atoms with van der Waals surface area (Å²) in [5.41, 5.74) is 0. The number of aliphatic hydroxyl groups excluding tert-OH is 2. The second-order valence-corrected chi connectivity index (χ2v) is 4.79. The van der Waals surface area contributed by atoms with Crippen LogP contribution in [0.25, 0.3) is 0 Å². The van der Waals surface area contributed by atoms with Crippen LogP contribution in [0.15, 0.2) is 0 Å². The summed E-state index contributed by atoms with van der Waals surface area (Å²) in [7, 11) is 0. The van der Waals surface area contributed by atoms with Crippen LogP contribution in [0.1, 0.15) is 6.92 Å². The fourth-order valence-electron chi connectivity index (χ4n) is 0.311. The molecule has 0 saturated carbocycles. The first kappa shape index (κ1) is 9.62. The van der Waals surface area contributed by atoms with Crippen molar-refractivity contribution in [3.8, 4) is 0 Å². The monoisotopic (exact) mass is 168 g/mol. The highest BCUT2D eigenvalue weighted by atomic mass is 32.2. The average molecular weight is 168 g/mol. The molecule has 1 unspecified atom stereocenters. The highest BCUT2D eigenvalue weighted by Crippen LogP contribution is 2.27. The number of rotatable bonds is 4. The average Bonchev–Trinajstić information content (AvgIpc) is 1.84. The molecule has 0 aliphatic rings. The van der Waals surface area contributed by atoms with Gasteiger partial charge < -0.3 is 10.2 Å². The summed E-state index contributed by atoms with van der Waals surface area (Å²) in [5, 5.41) is 17.0. The fourth-order valence-corrected chi connectivity index (χ4v) is 1.21. The lowest BCUT2D eigenvalue weighted by Gasteiger charge is -2.18. The van der Waals surface area contributed by atoms with Gasteiger partial charge >= 0.3 is 0 Å². The van der Waals surface area contributed by atoms with E-state index >= 15 is 0 Å². The number of aliphatic hydroxyl groups is 2. The summed E-state index contributed by atoms with van der Waals surface area (Å²) in [6.45, 7) is 1.98. The molecule has 2 N–H and O–H groups in total. The zero-order valence-corrected chi connectivity index (χ0v) is 7.08. The minimum Gasteiger partial charge on any atom is -0.396 e. The quantitative estimate of drug-likeness (QED) is 0.419. The fraction of sp³-hybridized carbons (Fsp3) is 1.00. The molecule has 0 aliphatic heterocycles. The Labute approximate surface area is 65.1 Å². The SMILES string of the molecule is CC(S)(CO)SCCO. The molecular weight excluding hydrogens is 156 g/mol. The Morgan fingerprint density at radius 2 is 2.11 bits per heavy atom. The molecule has 0 bridgehead atoms. The Balaban J connectivity index is 3.33. The van der Waals surface area contributed by atoms with Gasteiger partial charge in [-0.1, -0.05) is 0 Å². The van der Waals surface area contributed by atoms with Crippen LogP contribution in [0, 0.1) is 0 Å². The second-order valence-electron chi connectivity index (χ2n) is 1.91. The molecule has 56 valence electrons. The normalized spacial score (nSPS) is 17.3. The van der Waals surface area contributed by atoms with Crippen molar-refractivity contribution in [1.82, 2.24) is 0 Å². The Kier molecular flexibility index (Phi) is 4.74. The van der Waals surface area contributed by atoms with Gasteiger partial charge in [-0.05, 0) is 6.92 Å². The number of hydrogen-bond donors (Lipinski definition) is 3. The van der Waals surface area contributed by atoms with Gasteiger partial charge in [0.1, 0.15) is 0 Å². The van der Waals surface area contributed by atoms with E-state index in [1.807, 2.05) is 6.92 Å². The van der Waals surface area contributed by atoms with Crippen LogP contribution in [0.4, 0.5) is 0 Å². The first-order valence-corrected chi connectivity index (χ1v) is 4.14. The first-order valence-electron chi connectivity index (χ1n) is 2.70. The molecule has 4 heteroatoms. The minimum absolute atomic E-state index is 0.0285. The zero-order chi connectivity index (χ0) is 7.33. The third-order valence-electron chi connectivity index (χ3n) is 0.798. The van der Waals surface area contributed by atoms with E-state index in [1.54, 1.807) is 0 Å². The van der Waals surface area contributed by atoms with Gasteiger partial charge in [0.15, 0.2) is 0 Å². The molecule has 0 spiro atoms. The molecule has 0 saturated heterocycles. The lowest BCUT2D eigenvalue weighted by molar-refractivity contribution is 0.290. The first-order chi connectivity index (χ1) is 4.12. The van der Waals surface area contributed by atoms with Crippen molar-refractivity contribution in [2.24, 2.45) is 0 Å². The summed E-state index contributed by atoms with van der Waals surface area (Å²) < 4.78 is -0.400. The summed E-state index contributed by atoms with van der Waals surface area (Å²) in [6, 6.07) is 0. The van der Waals surface area contributed by atoms with Gasteiger partial charge in [-0.2, -0.15) is 12.6 Å². The van der Waals surface area contributed by atoms with E-state index in [1.165, 1.54) is 11.8 Å². The second kappa shape index (κ2) is 4.44. The summed E-state index contributed by atoms with van der Waals surface area (Å²) >= 11 is 5.57. The predicted molar refractivity (Wildman–Crippen MR) is 44.0 cm³/mol. The molecule has 0 amide bonds. The topological polar surface area (TPSA) is 40.5 Å². The standard InChI is InChI=1S/C5H12O2S2/c1-5(8,4-7)9-3-2-6/h6-8H,2-4H2,1H3. The van der Waals surface area contributed by atoms with E-state index in [-0.39, 0.29) is 13.2 Å². The third kappa shape index (κ3) is 5.08. The van der Waals surface area contributed by atoms with E-state index in [9.17, 15) is 0 Å². The third-order valence-corrected chi connectivity index (χ3v) is 2.46. The highest BCUT2D eigenvalue weighted by Gasteiger charge is 2.16. The predicted octanol–water partition coefficient (Wildman–Crippen LogP) is 0.350. The molecule has 0 heterocycles. The van der Waals surface area contributed by atoms with Gasteiger partial charge in [-0.25, -0.2) is 0 Å². The molecule has 2 nitrogen and oxygen atoms in total. The van der Waals surface area contributed by atoms with Gasteiger partial charge in [0.05, 0.1) is 17.3 Å². The van der Waals surface area contributed by atoms with Crippen molar-refractivity contribution in [1.29, 1.82) is 0 Å². The van der Waals surface area contributed by atoms with Crippen molar-refractivity contribution in [2.45, 2.75) is 11.0 Å². The zero-order valence-electron chi connectivity index (χ0n) is 5.37. The molecule has 0 rings (SSSR count). The van der Waals surface area contributed by atoms with Crippen molar-refractivity contribution >= 4 is 24.4 Å². The Hall–Kier alpha value is 0.620. The van der Waals surface area contributed by atoms with Crippen molar-refractivity contribution < 1.29 is 10.2 Å². The lowest BCUT2D eigenvalue weighted by Crippen LogP contribution is -2.17. The molecule has 9 heavy (non-hydrogen) atoms. The Morgan fingerprint density at radius 1 is 1.56 bits per heavy atom. The van der Waals surface area contributed by atoms with Crippen LogP contribution in [0.3, 0.4) is 0 Å². The molecule has 0 fully saturated rings.